The van der Waals surface area contributed by atoms with Crippen LogP contribution >= 0.6 is 23.1 Å². The van der Waals surface area contributed by atoms with Crippen LogP contribution in [0.1, 0.15) is 30.1 Å². The van der Waals surface area contributed by atoms with E-state index in [1.165, 1.54) is 18.4 Å². The highest BCUT2D eigenvalue weighted by Gasteiger charge is 2.31. The average Bonchev–Trinajstić information content (AvgIpc) is 2.92. The molecule has 8 heteroatoms. The second-order valence-corrected chi connectivity index (χ2v) is 8.38. The predicted molar refractivity (Wildman–Crippen MR) is 100 cm³/mol. The highest BCUT2D eigenvalue weighted by atomic mass is 32.2. The van der Waals surface area contributed by atoms with E-state index in [2.05, 4.69) is 16.3 Å². The minimum absolute atomic E-state index is 0.0828. The summed E-state index contributed by atoms with van der Waals surface area (Å²) < 4.78 is 12.1. The second-order valence-electron chi connectivity index (χ2n) is 6.38. The standard InChI is InChI=1S/C17H20N2O4S2/c1-5-6-19-12(9-24-16(21)22-4)18-14-13(15(19)20)10-7-17(2,3)23-8-11(10)25-14/h5H,1,6-9H2,2-4H3. The Balaban J connectivity index is 2.13. The largest absolute Gasteiger partial charge is 0.461 e. The molecule has 1 aliphatic heterocycles. The van der Waals surface area contributed by atoms with E-state index in [0.717, 1.165) is 22.2 Å². The lowest BCUT2D eigenvalue weighted by atomic mass is 9.94. The number of hydrogen-bond acceptors (Lipinski definition) is 7. The number of thiophene rings is 1. The minimum atomic E-state index is -0.403. The highest BCUT2D eigenvalue weighted by Crippen LogP contribution is 2.37. The lowest BCUT2D eigenvalue weighted by Gasteiger charge is -2.29. The number of fused-ring (bicyclic) bond motifs is 3. The van der Waals surface area contributed by atoms with Crippen LogP contribution in [0.4, 0.5) is 4.79 Å². The van der Waals surface area contributed by atoms with Crippen molar-refractivity contribution in [3.05, 3.63) is 39.3 Å². The Morgan fingerprint density at radius 2 is 2.32 bits per heavy atom. The first-order chi connectivity index (χ1) is 11.9. The van der Waals surface area contributed by atoms with Gasteiger partial charge in [0.15, 0.2) is 0 Å². The molecule has 3 heterocycles. The molecule has 134 valence electrons. The first-order valence-electron chi connectivity index (χ1n) is 7.86. The third-order valence-electron chi connectivity index (χ3n) is 4.07. The number of hydrogen-bond donors (Lipinski definition) is 0. The normalized spacial score (nSPS) is 15.8. The molecule has 0 aliphatic carbocycles. The van der Waals surface area contributed by atoms with Gasteiger partial charge in [-0.1, -0.05) is 6.08 Å². The van der Waals surface area contributed by atoms with Crippen LogP contribution in [0.15, 0.2) is 17.4 Å². The number of thioether (sulfide) groups is 1. The summed E-state index contributed by atoms with van der Waals surface area (Å²) in [6.07, 6.45) is 2.34. The molecule has 0 spiro atoms. The van der Waals surface area contributed by atoms with Crippen LogP contribution in [0.2, 0.25) is 0 Å². The van der Waals surface area contributed by atoms with Crippen molar-refractivity contribution in [1.82, 2.24) is 9.55 Å². The molecule has 0 N–H and O–H groups in total. The third-order valence-corrected chi connectivity index (χ3v) is 5.97. The van der Waals surface area contributed by atoms with Gasteiger partial charge >= 0.3 is 5.30 Å². The zero-order valence-electron chi connectivity index (χ0n) is 14.5. The molecule has 0 unspecified atom stereocenters. The molecule has 2 aromatic heterocycles. The van der Waals surface area contributed by atoms with Gasteiger partial charge in [0.1, 0.15) is 10.7 Å². The maximum Gasteiger partial charge on any atom is 0.367 e. The average molecular weight is 380 g/mol. The molecule has 0 amide bonds. The number of carbonyl (C=O) groups excluding carboxylic acids is 1. The fraction of sp³-hybridized carbons (Fsp3) is 0.471. The van der Waals surface area contributed by atoms with Crippen molar-refractivity contribution >= 4 is 38.6 Å². The van der Waals surface area contributed by atoms with Crippen molar-refractivity contribution in [2.45, 2.75) is 44.8 Å². The molecule has 0 atom stereocenters. The smallest absolute Gasteiger partial charge is 0.367 e. The van der Waals surface area contributed by atoms with E-state index in [9.17, 15) is 9.59 Å². The maximum atomic E-state index is 13.1. The number of carbonyl (C=O) groups is 1. The SMILES string of the molecule is C=CCn1c(CSC(=O)OC)nc2sc3c(c2c1=O)CC(C)(C)OC3. The van der Waals surface area contributed by atoms with Gasteiger partial charge in [-0.15, -0.1) is 17.9 Å². The molecule has 0 saturated heterocycles. The Hall–Kier alpha value is -1.64. The molecule has 0 saturated carbocycles. The van der Waals surface area contributed by atoms with Crippen molar-refractivity contribution in [2.24, 2.45) is 0 Å². The minimum Gasteiger partial charge on any atom is -0.461 e. The molecule has 0 radical (unpaired) electrons. The lowest BCUT2D eigenvalue weighted by Crippen LogP contribution is -2.32. The Bertz CT molecular complexity index is 898. The van der Waals surface area contributed by atoms with Crippen LogP contribution in [0.3, 0.4) is 0 Å². The van der Waals surface area contributed by atoms with E-state index in [-0.39, 0.29) is 16.9 Å². The number of methoxy groups -OCH3 is 1. The lowest BCUT2D eigenvalue weighted by molar-refractivity contribution is -0.0379. The van der Waals surface area contributed by atoms with Crippen LogP contribution in [-0.4, -0.2) is 27.6 Å². The van der Waals surface area contributed by atoms with E-state index in [0.29, 0.717) is 35.6 Å². The van der Waals surface area contributed by atoms with E-state index in [4.69, 9.17) is 4.74 Å². The zero-order valence-corrected chi connectivity index (χ0v) is 16.1. The molecular formula is C17H20N2O4S2. The van der Waals surface area contributed by atoms with Crippen LogP contribution in [0.25, 0.3) is 10.2 Å². The quantitative estimate of drug-likeness (QED) is 0.597. The van der Waals surface area contributed by atoms with E-state index >= 15 is 0 Å². The summed E-state index contributed by atoms with van der Waals surface area (Å²) in [4.78, 5) is 31.0. The first-order valence-corrected chi connectivity index (χ1v) is 9.66. The monoisotopic (exact) mass is 380 g/mol. The number of aromatic nitrogens is 2. The molecule has 2 aromatic rings. The van der Waals surface area contributed by atoms with Gasteiger partial charge in [-0.25, -0.2) is 9.78 Å². The van der Waals surface area contributed by atoms with E-state index < -0.39 is 5.30 Å². The molecule has 0 fully saturated rings. The van der Waals surface area contributed by atoms with Gasteiger partial charge in [0.25, 0.3) is 5.56 Å². The zero-order chi connectivity index (χ0) is 18.2. The van der Waals surface area contributed by atoms with Crippen LogP contribution in [-0.2, 0) is 34.8 Å². The van der Waals surface area contributed by atoms with Crippen LogP contribution in [0.5, 0.6) is 0 Å². The van der Waals surface area contributed by atoms with Gasteiger partial charge in [-0.2, -0.15) is 0 Å². The Kier molecular flexibility index (Phi) is 5.04. The van der Waals surface area contributed by atoms with Gasteiger partial charge < -0.3 is 9.47 Å². The summed E-state index contributed by atoms with van der Waals surface area (Å²) in [5.74, 6) is 0.822. The molecule has 0 bridgehead atoms. The molecule has 3 rings (SSSR count). The van der Waals surface area contributed by atoms with E-state index in [1.54, 1.807) is 10.6 Å². The van der Waals surface area contributed by atoms with Crippen molar-refractivity contribution in [1.29, 1.82) is 0 Å². The molecule has 0 aromatic carbocycles. The number of ether oxygens (including phenoxy) is 2. The Labute approximate surface area is 153 Å². The van der Waals surface area contributed by atoms with Crippen LogP contribution < -0.4 is 5.56 Å². The van der Waals surface area contributed by atoms with Gasteiger partial charge in [-0.05, 0) is 31.2 Å². The van der Waals surface area contributed by atoms with Crippen LogP contribution in [0, 0.1) is 0 Å². The predicted octanol–water partition coefficient (Wildman–Crippen LogP) is 3.49. The summed E-state index contributed by atoms with van der Waals surface area (Å²) in [6, 6.07) is 0. The van der Waals surface area contributed by atoms with E-state index in [1.807, 2.05) is 13.8 Å². The van der Waals surface area contributed by atoms with Crippen molar-refractivity contribution in [3.63, 3.8) is 0 Å². The first kappa shape index (κ1) is 18.2. The highest BCUT2D eigenvalue weighted by molar-refractivity contribution is 8.12. The topological polar surface area (TPSA) is 70.4 Å². The fourth-order valence-corrected chi connectivity index (χ4v) is 4.58. The fourth-order valence-electron chi connectivity index (χ4n) is 2.88. The second kappa shape index (κ2) is 6.93. The van der Waals surface area contributed by atoms with Crippen molar-refractivity contribution in [3.8, 4) is 0 Å². The Morgan fingerprint density at radius 3 is 3.00 bits per heavy atom. The summed E-state index contributed by atoms with van der Waals surface area (Å²) >= 11 is 2.48. The summed E-state index contributed by atoms with van der Waals surface area (Å²) in [7, 11) is 1.33. The number of nitrogens with zero attached hydrogens (tertiary/aromatic N) is 2. The Morgan fingerprint density at radius 1 is 1.56 bits per heavy atom. The molecule has 1 aliphatic rings. The molecule has 6 nitrogen and oxygen atoms in total. The maximum absolute atomic E-state index is 13.1. The van der Waals surface area contributed by atoms with Gasteiger partial charge in [0, 0.05) is 17.8 Å². The number of allylic oxidation sites excluding steroid dienone is 1. The van der Waals surface area contributed by atoms with Gasteiger partial charge in [0.05, 0.1) is 30.5 Å². The van der Waals surface area contributed by atoms with Crippen molar-refractivity contribution in [2.75, 3.05) is 7.11 Å². The van der Waals surface area contributed by atoms with Crippen molar-refractivity contribution < 1.29 is 14.3 Å². The summed E-state index contributed by atoms with van der Waals surface area (Å²) in [5.41, 5.74) is 0.662. The molecular weight excluding hydrogens is 360 g/mol. The summed E-state index contributed by atoms with van der Waals surface area (Å²) in [5, 5.41) is 0.269. The van der Waals surface area contributed by atoms with Gasteiger partial charge in [-0.3, -0.25) is 9.36 Å². The summed E-state index contributed by atoms with van der Waals surface area (Å²) in [6.45, 7) is 8.62. The van der Waals surface area contributed by atoms with Gasteiger partial charge in [0.2, 0.25) is 0 Å². The molecule has 25 heavy (non-hydrogen) atoms. The third kappa shape index (κ3) is 3.51. The number of rotatable bonds is 4.